The van der Waals surface area contributed by atoms with Crippen LogP contribution in [0.25, 0.3) is 0 Å². The largest absolute Gasteiger partial charge is 0.377 e. The SMILES string of the molecule is COCc1nc2n(n1)CCC[C@@H]2NS(=O)(=O)N1C[C@H](C)O[C@@H](C)C1. The second kappa shape index (κ2) is 7.04. The van der Waals surface area contributed by atoms with E-state index in [-0.39, 0.29) is 18.2 Å². The highest BCUT2D eigenvalue weighted by Gasteiger charge is 2.35. The molecule has 1 aromatic rings. The van der Waals surface area contributed by atoms with Crippen LogP contribution in [0.5, 0.6) is 0 Å². The van der Waals surface area contributed by atoms with E-state index in [9.17, 15) is 8.42 Å². The van der Waals surface area contributed by atoms with Crippen LogP contribution >= 0.6 is 0 Å². The number of hydrogen-bond donors (Lipinski definition) is 1. The number of nitrogens with zero attached hydrogens (tertiary/aromatic N) is 4. The Morgan fingerprint density at radius 2 is 2.04 bits per heavy atom. The van der Waals surface area contributed by atoms with Crippen molar-refractivity contribution >= 4 is 10.2 Å². The lowest BCUT2D eigenvalue weighted by atomic mass is 10.1. The smallest absolute Gasteiger partial charge is 0.280 e. The number of methoxy groups -OCH3 is 1. The van der Waals surface area contributed by atoms with Crippen molar-refractivity contribution in [1.29, 1.82) is 0 Å². The van der Waals surface area contributed by atoms with Crippen LogP contribution < -0.4 is 4.72 Å². The predicted molar refractivity (Wildman–Crippen MR) is 86.3 cm³/mol. The maximum atomic E-state index is 12.8. The number of morpholine rings is 1. The van der Waals surface area contributed by atoms with Crippen molar-refractivity contribution < 1.29 is 17.9 Å². The Balaban J connectivity index is 1.76. The van der Waals surface area contributed by atoms with Gasteiger partial charge in [-0.2, -0.15) is 22.5 Å². The van der Waals surface area contributed by atoms with E-state index in [0.717, 1.165) is 13.0 Å². The Morgan fingerprint density at radius 1 is 1.33 bits per heavy atom. The Morgan fingerprint density at radius 3 is 2.71 bits per heavy atom. The molecule has 3 atom stereocenters. The molecule has 2 aliphatic rings. The third-order valence-electron chi connectivity index (χ3n) is 4.21. The summed E-state index contributed by atoms with van der Waals surface area (Å²) in [5, 5.41) is 4.37. The van der Waals surface area contributed by atoms with Crippen molar-refractivity contribution in [3.63, 3.8) is 0 Å². The van der Waals surface area contributed by atoms with Crippen LogP contribution in [-0.4, -0.2) is 59.9 Å². The molecule has 0 radical (unpaired) electrons. The van der Waals surface area contributed by atoms with E-state index in [1.807, 2.05) is 13.8 Å². The minimum absolute atomic E-state index is 0.117. The van der Waals surface area contributed by atoms with E-state index >= 15 is 0 Å². The first-order valence-corrected chi connectivity index (χ1v) is 9.68. The van der Waals surface area contributed by atoms with Gasteiger partial charge < -0.3 is 9.47 Å². The Kier molecular flexibility index (Phi) is 5.21. The average Bonchev–Trinajstić information content (AvgIpc) is 2.90. The molecule has 0 bridgehead atoms. The fourth-order valence-corrected chi connectivity index (χ4v) is 4.83. The topological polar surface area (TPSA) is 98.6 Å². The molecule has 1 saturated heterocycles. The number of fused-ring (bicyclic) bond motifs is 1. The molecule has 0 amide bonds. The van der Waals surface area contributed by atoms with E-state index in [4.69, 9.17) is 9.47 Å². The van der Waals surface area contributed by atoms with Gasteiger partial charge in [0.1, 0.15) is 12.4 Å². The van der Waals surface area contributed by atoms with E-state index in [2.05, 4.69) is 14.8 Å². The van der Waals surface area contributed by atoms with Crippen LogP contribution in [0.2, 0.25) is 0 Å². The fourth-order valence-electron chi connectivity index (χ4n) is 3.28. The molecule has 3 heterocycles. The summed E-state index contributed by atoms with van der Waals surface area (Å²) in [7, 11) is -2.02. The first kappa shape index (κ1) is 17.7. The fraction of sp³-hybridized carbons (Fsp3) is 0.857. The van der Waals surface area contributed by atoms with Crippen molar-refractivity contribution in [1.82, 2.24) is 23.8 Å². The number of aromatic nitrogens is 3. The van der Waals surface area contributed by atoms with Crippen LogP contribution in [0.15, 0.2) is 0 Å². The number of nitrogens with one attached hydrogen (secondary N) is 1. The summed E-state index contributed by atoms with van der Waals surface area (Å²) in [5.41, 5.74) is 0. The van der Waals surface area contributed by atoms with Gasteiger partial charge in [-0.3, -0.25) is 0 Å². The van der Waals surface area contributed by atoms with E-state index in [1.54, 1.807) is 11.8 Å². The van der Waals surface area contributed by atoms with Gasteiger partial charge in [-0.05, 0) is 26.7 Å². The van der Waals surface area contributed by atoms with Crippen LogP contribution in [0, 0.1) is 0 Å². The van der Waals surface area contributed by atoms with Gasteiger partial charge in [0.05, 0.1) is 18.2 Å². The lowest BCUT2D eigenvalue weighted by Gasteiger charge is -2.35. The van der Waals surface area contributed by atoms with Gasteiger partial charge in [0.25, 0.3) is 10.2 Å². The molecule has 136 valence electrons. The maximum Gasteiger partial charge on any atom is 0.280 e. The molecule has 2 aliphatic heterocycles. The monoisotopic (exact) mass is 359 g/mol. The van der Waals surface area contributed by atoms with Gasteiger partial charge >= 0.3 is 0 Å². The highest BCUT2D eigenvalue weighted by atomic mass is 32.2. The van der Waals surface area contributed by atoms with Crippen LogP contribution in [0.3, 0.4) is 0 Å². The third-order valence-corrected chi connectivity index (χ3v) is 5.77. The van der Waals surface area contributed by atoms with E-state index < -0.39 is 10.2 Å². The standard InChI is InChI=1S/C14H25N5O4S/c1-10-7-18(8-11(2)23-10)24(20,21)17-12-5-4-6-19-14(12)15-13(16-19)9-22-3/h10-12,17H,4-9H2,1-3H3/t10-,11-,12-/m0/s1. The molecule has 0 aromatic carbocycles. The summed E-state index contributed by atoms with van der Waals surface area (Å²) >= 11 is 0. The zero-order chi connectivity index (χ0) is 17.3. The molecule has 1 N–H and O–H groups in total. The summed E-state index contributed by atoms with van der Waals surface area (Å²) in [5.74, 6) is 1.23. The van der Waals surface area contributed by atoms with Crippen molar-refractivity contribution in [3.05, 3.63) is 11.6 Å². The normalized spacial score (nSPS) is 28.7. The molecule has 0 saturated carbocycles. The van der Waals surface area contributed by atoms with Crippen molar-refractivity contribution in [2.75, 3.05) is 20.2 Å². The number of aryl methyl sites for hydroxylation is 1. The quantitative estimate of drug-likeness (QED) is 0.807. The second-order valence-electron chi connectivity index (χ2n) is 6.43. The number of hydrogen-bond acceptors (Lipinski definition) is 6. The Bertz CT molecular complexity index is 667. The minimum atomic E-state index is -3.60. The summed E-state index contributed by atoms with van der Waals surface area (Å²) in [6.07, 6.45) is 1.33. The average molecular weight is 359 g/mol. The minimum Gasteiger partial charge on any atom is -0.377 e. The molecule has 9 nitrogen and oxygen atoms in total. The highest BCUT2D eigenvalue weighted by molar-refractivity contribution is 7.87. The summed E-state index contributed by atoms with van der Waals surface area (Å²) in [6, 6.07) is -0.365. The molecule has 1 fully saturated rings. The van der Waals surface area contributed by atoms with Gasteiger partial charge in [0, 0.05) is 26.7 Å². The van der Waals surface area contributed by atoms with Crippen molar-refractivity contribution in [2.45, 2.75) is 58.1 Å². The maximum absolute atomic E-state index is 12.8. The first-order valence-electron chi connectivity index (χ1n) is 8.24. The van der Waals surface area contributed by atoms with Gasteiger partial charge in [-0.1, -0.05) is 0 Å². The predicted octanol–water partition coefficient (Wildman–Crippen LogP) is 0.203. The first-order chi connectivity index (χ1) is 11.4. The molecule has 0 unspecified atom stereocenters. The van der Waals surface area contributed by atoms with Crippen LogP contribution in [0.1, 0.15) is 44.4 Å². The molecule has 10 heteroatoms. The van der Waals surface area contributed by atoms with Gasteiger partial charge in [-0.25, -0.2) is 9.67 Å². The molecule has 24 heavy (non-hydrogen) atoms. The van der Waals surface area contributed by atoms with Crippen molar-refractivity contribution in [2.24, 2.45) is 0 Å². The lowest BCUT2D eigenvalue weighted by Crippen LogP contribution is -2.52. The van der Waals surface area contributed by atoms with E-state index in [1.165, 1.54) is 4.31 Å². The van der Waals surface area contributed by atoms with Gasteiger partial charge in [0.2, 0.25) is 0 Å². The summed E-state index contributed by atoms with van der Waals surface area (Å²) in [6.45, 7) is 5.54. The molecule has 0 aliphatic carbocycles. The van der Waals surface area contributed by atoms with Gasteiger partial charge in [0.15, 0.2) is 5.82 Å². The summed E-state index contributed by atoms with van der Waals surface area (Å²) in [4.78, 5) is 4.44. The number of rotatable bonds is 5. The third kappa shape index (κ3) is 3.77. The Labute approximate surface area is 142 Å². The van der Waals surface area contributed by atoms with Gasteiger partial charge in [-0.15, -0.1) is 0 Å². The Hall–Kier alpha value is -1.07. The molecule has 3 rings (SSSR count). The zero-order valence-corrected chi connectivity index (χ0v) is 15.1. The zero-order valence-electron chi connectivity index (χ0n) is 14.3. The molecule has 0 spiro atoms. The van der Waals surface area contributed by atoms with Crippen molar-refractivity contribution in [3.8, 4) is 0 Å². The lowest BCUT2D eigenvalue weighted by molar-refractivity contribution is -0.0445. The van der Waals surface area contributed by atoms with Crippen LogP contribution in [-0.2, 0) is 32.8 Å². The van der Waals surface area contributed by atoms with E-state index in [0.29, 0.717) is 37.8 Å². The summed E-state index contributed by atoms with van der Waals surface area (Å²) < 4.78 is 42.2. The van der Waals surface area contributed by atoms with Crippen LogP contribution in [0.4, 0.5) is 0 Å². The highest BCUT2D eigenvalue weighted by Crippen LogP contribution is 2.25. The molecular weight excluding hydrogens is 334 g/mol. The number of ether oxygens (including phenoxy) is 2. The second-order valence-corrected chi connectivity index (χ2v) is 8.14. The molecule has 1 aromatic heterocycles. The molecular formula is C14H25N5O4S.